The minimum Gasteiger partial charge on any atom is -0.374 e. The van der Waals surface area contributed by atoms with Gasteiger partial charge in [-0.15, -0.1) is 0 Å². The van der Waals surface area contributed by atoms with Crippen LogP contribution in [-0.2, 0) is 6.42 Å². The summed E-state index contributed by atoms with van der Waals surface area (Å²) >= 11 is 3.64. The Bertz CT molecular complexity index is 386. The van der Waals surface area contributed by atoms with Crippen molar-refractivity contribution >= 4 is 21.6 Å². The van der Waals surface area contributed by atoms with Crippen molar-refractivity contribution in [3.8, 4) is 0 Å². The molecule has 1 aromatic rings. The highest BCUT2D eigenvalue weighted by molar-refractivity contribution is 9.10. The summed E-state index contributed by atoms with van der Waals surface area (Å²) in [5.74, 6) is 0.919. The van der Waals surface area contributed by atoms with E-state index in [9.17, 15) is 0 Å². The largest absolute Gasteiger partial charge is 0.374 e. The van der Waals surface area contributed by atoms with Crippen molar-refractivity contribution in [2.75, 3.05) is 18.5 Å². The number of rotatable bonds is 5. The summed E-state index contributed by atoms with van der Waals surface area (Å²) < 4.78 is 1.18. The molecule has 0 radical (unpaired) electrons. The minimum atomic E-state index is 0.210. The van der Waals surface area contributed by atoms with E-state index in [1.165, 1.54) is 35.1 Å². The topological polar surface area (TPSA) is 29.3 Å². The highest BCUT2D eigenvalue weighted by Crippen LogP contribution is 2.32. The molecule has 1 aromatic carbocycles. The number of anilines is 1. The molecule has 2 nitrogen and oxygen atoms in total. The van der Waals surface area contributed by atoms with Crippen LogP contribution in [0.15, 0.2) is 22.7 Å². The Labute approximate surface area is 112 Å². The Morgan fingerprint density at radius 1 is 1.47 bits per heavy atom. The van der Waals surface area contributed by atoms with Gasteiger partial charge in [0.1, 0.15) is 0 Å². The van der Waals surface area contributed by atoms with Crippen LogP contribution in [0.1, 0.15) is 25.3 Å². The molecule has 94 valence electrons. The summed E-state index contributed by atoms with van der Waals surface area (Å²) in [4.78, 5) is 2.35. The van der Waals surface area contributed by atoms with E-state index in [2.05, 4.69) is 46.1 Å². The first-order valence-corrected chi connectivity index (χ1v) is 7.10. The quantitative estimate of drug-likeness (QED) is 0.904. The standard InChI is InChI=1S/C14H21BrN2/c1-10(16)7-12-5-6-13(8-14(12)15)17(2)9-11-3-4-11/h5-6,8,10-11H,3-4,7,9,16H2,1-2H3. The molecule has 1 atom stereocenters. The maximum absolute atomic E-state index is 5.83. The van der Waals surface area contributed by atoms with Gasteiger partial charge in [0.2, 0.25) is 0 Å². The highest BCUT2D eigenvalue weighted by atomic mass is 79.9. The van der Waals surface area contributed by atoms with Crippen molar-refractivity contribution < 1.29 is 0 Å². The fourth-order valence-electron chi connectivity index (χ4n) is 2.08. The molecule has 0 amide bonds. The van der Waals surface area contributed by atoms with Crippen LogP contribution in [0.2, 0.25) is 0 Å². The number of hydrogen-bond donors (Lipinski definition) is 1. The third kappa shape index (κ3) is 3.71. The maximum atomic E-state index is 5.83. The fraction of sp³-hybridized carbons (Fsp3) is 0.571. The molecule has 0 aliphatic heterocycles. The number of benzene rings is 1. The molecule has 0 heterocycles. The molecule has 2 N–H and O–H groups in total. The zero-order valence-electron chi connectivity index (χ0n) is 10.6. The van der Waals surface area contributed by atoms with Gasteiger partial charge in [-0.1, -0.05) is 22.0 Å². The highest BCUT2D eigenvalue weighted by Gasteiger charge is 2.23. The van der Waals surface area contributed by atoms with Crippen LogP contribution in [0, 0.1) is 5.92 Å². The summed E-state index contributed by atoms with van der Waals surface area (Å²) in [7, 11) is 2.17. The summed E-state index contributed by atoms with van der Waals surface area (Å²) in [5, 5.41) is 0. The molecule has 2 rings (SSSR count). The lowest BCUT2D eigenvalue weighted by Crippen LogP contribution is -2.20. The Morgan fingerprint density at radius 3 is 2.71 bits per heavy atom. The molecule has 1 saturated carbocycles. The van der Waals surface area contributed by atoms with Crippen molar-refractivity contribution in [1.29, 1.82) is 0 Å². The van der Waals surface area contributed by atoms with Crippen LogP contribution in [0.5, 0.6) is 0 Å². The normalized spacial score (nSPS) is 16.9. The Morgan fingerprint density at radius 2 is 2.18 bits per heavy atom. The van der Waals surface area contributed by atoms with Crippen molar-refractivity contribution in [2.24, 2.45) is 11.7 Å². The van der Waals surface area contributed by atoms with E-state index in [0.717, 1.165) is 12.3 Å². The third-order valence-corrected chi connectivity index (χ3v) is 3.99. The smallest absolute Gasteiger partial charge is 0.0375 e. The fourth-order valence-corrected chi connectivity index (χ4v) is 2.61. The van der Waals surface area contributed by atoms with Gasteiger partial charge in [-0.25, -0.2) is 0 Å². The van der Waals surface area contributed by atoms with Gasteiger partial charge in [-0.3, -0.25) is 0 Å². The average Bonchev–Trinajstić information content (AvgIpc) is 3.04. The van der Waals surface area contributed by atoms with E-state index in [-0.39, 0.29) is 6.04 Å². The predicted octanol–water partition coefficient (Wildman–Crippen LogP) is 3.19. The monoisotopic (exact) mass is 296 g/mol. The first-order valence-electron chi connectivity index (χ1n) is 6.31. The van der Waals surface area contributed by atoms with Crippen molar-refractivity contribution in [3.05, 3.63) is 28.2 Å². The van der Waals surface area contributed by atoms with Crippen LogP contribution in [0.4, 0.5) is 5.69 Å². The summed E-state index contributed by atoms with van der Waals surface area (Å²) in [5.41, 5.74) is 8.42. The zero-order valence-corrected chi connectivity index (χ0v) is 12.2. The van der Waals surface area contributed by atoms with Gasteiger partial charge < -0.3 is 10.6 Å². The van der Waals surface area contributed by atoms with Crippen molar-refractivity contribution in [1.82, 2.24) is 0 Å². The van der Waals surface area contributed by atoms with Gasteiger partial charge in [0, 0.05) is 29.8 Å². The van der Waals surface area contributed by atoms with Crippen molar-refractivity contribution in [2.45, 2.75) is 32.2 Å². The lowest BCUT2D eigenvalue weighted by Gasteiger charge is -2.20. The van der Waals surface area contributed by atoms with Crippen LogP contribution in [0.25, 0.3) is 0 Å². The van der Waals surface area contributed by atoms with E-state index in [0.29, 0.717) is 0 Å². The lowest BCUT2D eigenvalue weighted by molar-refractivity contribution is 0.735. The second-order valence-corrected chi connectivity index (χ2v) is 6.14. The number of nitrogens with two attached hydrogens (primary N) is 1. The van der Waals surface area contributed by atoms with E-state index >= 15 is 0 Å². The third-order valence-electron chi connectivity index (χ3n) is 3.25. The minimum absolute atomic E-state index is 0.210. The molecular formula is C14H21BrN2. The van der Waals surface area contributed by atoms with Gasteiger partial charge in [0.15, 0.2) is 0 Å². The van der Waals surface area contributed by atoms with E-state index in [4.69, 9.17) is 5.73 Å². The Kier molecular flexibility index (Phi) is 4.10. The van der Waals surface area contributed by atoms with Crippen LogP contribution < -0.4 is 10.6 Å². The van der Waals surface area contributed by atoms with Gasteiger partial charge in [0.25, 0.3) is 0 Å². The van der Waals surface area contributed by atoms with Gasteiger partial charge in [-0.2, -0.15) is 0 Å². The van der Waals surface area contributed by atoms with Gasteiger partial charge >= 0.3 is 0 Å². The summed E-state index contributed by atoms with van der Waals surface area (Å²) in [6.07, 6.45) is 3.72. The molecule has 1 unspecified atom stereocenters. The van der Waals surface area contributed by atoms with Crippen LogP contribution in [-0.4, -0.2) is 19.6 Å². The maximum Gasteiger partial charge on any atom is 0.0375 e. The molecule has 0 aromatic heterocycles. The molecule has 1 fully saturated rings. The first kappa shape index (κ1) is 12.9. The second-order valence-electron chi connectivity index (χ2n) is 5.28. The van der Waals surface area contributed by atoms with Crippen LogP contribution in [0.3, 0.4) is 0 Å². The van der Waals surface area contributed by atoms with Gasteiger partial charge in [-0.05, 0) is 49.8 Å². The number of halogens is 1. The summed E-state index contributed by atoms with van der Waals surface area (Å²) in [6.45, 7) is 3.22. The van der Waals surface area contributed by atoms with E-state index in [1.807, 2.05) is 6.92 Å². The van der Waals surface area contributed by atoms with E-state index < -0.39 is 0 Å². The molecule has 0 bridgehead atoms. The average molecular weight is 297 g/mol. The van der Waals surface area contributed by atoms with Gasteiger partial charge in [0.05, 0.1) is 0 Å². The zero-order chi connectivity index (χ0) is 12.4. The van der Waals surface area contributed by atoms with Crippen LogP contribution >= 0.6 is 15.9 Å². The van der Waals surface area contributed by atoms with Crippen molar-refractivity contribution in [3.63, 3.8) is 0 Å². The molecular weight excluding hydrogens is 276 g/mol. The van der Waals surface area contributed by atoms with E-state index in [1.54, 1.807) is 0 Å². The number of hydrogen-bond acceptors (Lipinski definition) is 2. The Hall–Kier alpha value is -0.540. The molecule has 0 spiro atoms. The number of nitrogens with zero attached hydrogens (tertiary/aromatic N) is 1. The summed E-state index contributed by atoms with van der Waals surface area (Å²) in [6, 6.07) is 6.80. The molecule has 1 aliphatic carbocycles. The SMILES string of the molecule is CC(N)Cc1ccc(N(C)CC2CC2)cc1Br. The first-order chi connectivity index (χ1) is 8.06. The Balaban J connectivity index is 2.06. The molecule has 3 heteroatoms. The molecule has 17 heavy (non-hydrogen) atoms. The molecule has 0 saturated heterocycles. The lowest BCUT2D eigenvalue weighted by atomic mass is 10.1. The predicted molar refractivity (Wildman–Crippen MR) is 77.5 cm³/mol. The molecule has 1 aliphatic rings. The second kappa shape index (κ2) is 5.40.